The van der Waals surface area contributed by atoms with Crippen LogP contribution in [-0.4, -0.2) is 15.0 Å². The van der Waals surface area contributed by atoms with Crippen molar-refractivity contribution < 1.29 is 36.9 Å². The summed E-state index contributed by atoms with van der Waals surface area (Å²) in [6.07, 6.45) is 7.83. The van der Waals surface area contributed by atoms with Crippen LogP contribution in [0.5, 0.6) is 0 Å². The van der Waals surface area contributed by atoms with Gasteiger partial charge < -0.3 is 19.4 Å². The number of rotatable bonds is 6. The van der Waals surface area contributed by atoms with Crippen LogP contribution in [0.1, 0.15) is 101 Å². The Kier molecular flexibility index (Phi) is 9.42. The third kappa shape index (κ3) is 9.81. The second kappa shape index (κ2) is 17.6. The molecule has 1 saturated carbocycles. The van der Waals surface area contributed by atoms with Gasteiger partial charge in [0, 0.05) is 50.2 Å². The van der Waals surface area contributed by atoms with Crippen molar-refractivity contribution in [3.8, 4) is 44.8 Å². The third-order valence-corrected chi connectivity index (χ3v) is 10.8. The molecule has 1 fully saturated rings. The minimum absolute atomic E-state index is 0. The first-order valence-corrected chi connectivity index (χ1v) is 19.8. The maximum atomic E-state index is 9.17. The minimum atomic E-state index is -2.34. The SMILES string of the molecule is [2H]C([2H])([2H])c1ccc(-c2ccc(C([2H])([2H])C(C)(C)C)cn2)[c-]n1.[2H]C([2H])([2H])c1cnc(-c2[c-]ccc3c2oc2cc(-c4ccccc4)ccc23)cc1-c1ccc(C2([2H])CCC(C)(C)CC2)cc1.[Ir]. The zero-order chi connectivity index (χ0) is 48.2. The number of furan rings is 1. The van der Waals surface area contributed by atoms with E-state index in [1.165, 1.54) is 18.5 Å². The molecule has 0 bridgehead atoms. The summed E-state index contributed by atoms with van der Waals surface area (Å²) in [6, 6.07) is 39.8. The van der Waals surface area contributed by atoms with E-state index in [0.717, 1.165) is 64.3 Å². The van der Waals surface area contributed by atoms with Crippen LogP contribution in [-0.2, 0) is 26.5 Å². The fourth-order valence-corrected chi connectivity index (χ4v) is 7.54. The molecule has 0 N–H and O–H groups in total. The van der Waals surface area contributed by atoms with Crippen LogP contribution in [0, 0.1) is 36.8 Å². The summed E-state index contributed by atoms with van der Waals surface area (Å²) >= 11 is 0. The van der Waals surface area contributed by atoms with E-state index < -0.39 is 31.4 Å². The van der Waals surface area contributed by atoms with Crippen molar-refractivity contribution in [2.45, 2.75) is 86.3 Å². The maximum absolute atomic E-state index is 9.17. The monoisotopic (exact) mass is 961 g/mol. The van der Waals surface area contributed by atoms with E-state index in [9.17, 15) is 1.37 Å². The Bertz CT molecular complexity index is 3020. The van der Waals surface area contributed by atoms with E-state index in [2.05, 4.69) is 71.4 Å². The Morgan fingerprint density at radius 3 is 2.24 bits per heavy atom. The van der Waals surface area contributed by atoms with Gasteiger partial charge in [0.05, 0.1) is 5.58 Å². The second-order valence-corrected chi connectivity index (χ2v) is 16.9. The van der Waals surface area contributed by atoms with Crippen LogP contribution in [0.25, 0.3) is 66.7 Å². The molecule has 4 aromatic heterocycles. The predicted molar refractivity (Wildman–Crippen MR) is 241 cm³/mol. The largest absolute Gasteiger partial charge is 0.501 e. The van der Waals surface area contributed by atoms with Gasteiger partial charge in [-0.05, 0) is 124 Å². The number of pyridine rings is 3. The zero-order valence-corrected chi connectivity index (χ0v) is 36.4. The van der Waals surface area contributed by atoms with Gasteiger partial charge in [0.25, 0.3) is 0 Å². The molecule has 1 aliphatic rings. The average Bonchev–Trinajstić information content (AvgIpc) is 3.68. The van der Waals surface area contributed by atoms with Crippen molar-refractivity contribution in [3.63, 3.8) is 0 Å². The molecule has 9 rings (SSSR count). The fraction of sp³-hybridized carbons (Fsp3) is 0.278. The normalized spacial score (nSPS) is 17.5. The Morgan fingerprint density at radius 1 is 0.797 bits per heavy atom. The van der Waals surface area contributed by atoms with E-state index in [1.54, 1.807) is 18.2 Å². The van der Waals surface area contributed by atoms with Crippen LogP contribution >= 0.6 is 0 Å². The summed E-state index contributed by atoms with van der Waals surface area (Å²) in [5.41, 5.74) is 8.81. The van der Waals surface area contributed by atoms with Gasteiger partial charge in [-0.1, -0.05) is 137 Å². The molecule has 0 unspecified atom stereocenters. The summed E-state index contributed by atoms with van der Waals surface area (Å²) in [4.78, 5) is 12.7. The summed E-state index contributed by atoms with van der Waals surface area (Å²) in [7, 11) is 0. The molecule has 0 spiro atoms. The number of benzene rings is 4. The average molecular weight is 961 g/mol. The van der Waals surface area contributed by atoms with Gasteiger partial charge in [-0.2, -0.15) is 0 Å². The molecule has 4 aromatic carbocycles. The summed E-state index contributed by atoms with van der Waals surface area (Å²) < 4.78 is 78.7. The standard InChI is InChI=1S/C38H34NO.C16H19N2.Ir/c1-25-24-39-35(23-34(25)29-14-12-27(13-15-29)28-18-20-38(2,3)21-19-28)33-11-7-10-32-31-17-16-30(22-36(31)40-37(32)33)26-8-5-4-6-9-26;1-12-5-7-14(11-17-12)15-8-6-13(10-18-15)9-16(2,3)4;/h4-10,12-17,22-24,28H,18-21H2,1-3H3;5-8,10H,9H2,1-4H3;/q2*-1;/i1D3,28D;1D3,9D2;. The Hall–Kier alpha value is -5.22. The molecule has 0 amide bonds. The quantitative estimate of drug-likeness (QED) is 0.156. The topological polar surface area (TPSA) is 51.8 Å². The first-order valence-electron chi connectivity index (χ1n) is 24.3. The van der Waals surface area contributed by atoms with Crippen LogP contribution in [0.15, 0.2) is 132 Å². The van der Waals surface area contributed by atoms with Crippen molar-refractivity contribution >= 4 is 21.9 Å². The molecule has 4 heterocycles. The van der Waals surface area contributed by atoms with E-state index in [-0.39, 0.29) is 36.8 Å². The number of aryl methyl sites for hydroxylation is 2. The van der Waals surface area contributed by atoms with E-state index in [4.69, 9.17) is 15.4 Å². The minimum Gasteiger partial charge on any atom is -0.501 e. The molecular formula is C54H53IrN3O-2. The molecule has 8 aromatic rings. The van der Waals surface area contributed by atoms with Gasteiger partial charge in [-0.3, -0.25) is 0 Å². The van der Waals surface area contributed by atoms with Gasteiger partial charge in [0.2, 0.25) is 0 Å². The smallest absolute Gasteiger partial charge is 0.121 e. The summed E-state index contributed by atoms with van der Waals surface area (Å²) in [6.45, 7) is 5.48. The molecule has 301 valence electrons. The first kappa shape index (κ1) is 31.7. The van der Waals surface area contributed by atoms with E-state index >= 15 is 0 Å². The number of fused-ring (bicyclic) bond motifs is 3. The molecule has 5 heteroatoms. The van der Waals surface area contributed by atoms with Gasteiger partial charge in [0.15, 0.2) is 0 Å². The Balaban J connectivity index is 0.000000242. The van der Waals surface area contributed by atoms with Gasteiger partial charge >= 0.3 is 0 Å². The van der Waals surface area contributed by atoms with E-state index in [1.807, 2.05) is 81.4 Å². The van der Waals surface area contributed by atoms with Crippen molar-refractivity contribution in [2.75, 3.05) is 0 Å². The molecule has 59 heavy (non-hydrogen) atoms. The van der Waals surface area contributed by atoms with Crippen molar-refractivity contribution in [1.29, 1.82) is 0 Å². The van der Waals surface area contributed by atoms with Crippen LogP contribution < -0.4 is 0 Å². The van der Waals surface area contributed by atoms with Crippen molar-refractivity contribution in [3.05, 3.63) is 162 Å². The van der Waals surface area contributed by atoms with Crippen LogP contribution in [0.3, 0.4) is 0 Å². The first-order chi connectivity index (χ1) is 31.4. The summed E-state index contributed by atoms with van der Waals surface area (Å²) in [5.74, 6) is -0.614. The molecule has 0 saturated heterocycles. The van der Waals surface area contributed by atoms with Crippen molar-refractivity contribution in [2.24, 2.45) is 10.8 Å². The Labute approximate surface area is 376 Å². The maximum Gasteiger partial charge on any atom is 0.121 e. The molecule has 1 radical (unpaired) electrons. The summed E-state index contributed by atoms with van der Waals surface area (Å²) in [5, 5.41) is 1.96. The number of nitrogens with zero attached hydrogens (tertiary/aromatic N) is 3. The van der Waals surface area contributed by atoms with Gasteiger partial charge in [-0.25, -0.2) is 0 Å². The van der Waals surface area contributed by atoms with Crippen LogP contribution in [0.4, 0.5) is 0 Å². The number of hydrogen-bond donors (Lipinski definition) is 0. The molecule has 0 aliphatic heterocycles. The van der Waals surface area contributed by atoms with Gasteiger partial charge in [-0.15, -0.1) is 35.9 Å². The Morgan fingerprint density at radius 2 is 1.56 bits per heavy atom. The third-order valence-electron chi connectivity index (χ3n) is 10.8. The molecule has 0 atom stereocenters. The van der Waals surface area contributed by atoms with Crippen molar-refractivity contribution in [1.82, 2.24) is 15.0 Å². The fourth-order valence-electron chi connectivity index (χ4n) is 7.54. The van der Waals surface area contributed by atoms with Crippen LogP contribution in [0.2, 0.25) is 0 Å². The number of aromatic nitrogens is 3. The molecule has 4 nitrogen and oxygen atoms in total. The molecular weight excluding hydrogens is 899 g/mol. The predicted octanol–water partition coefficient (Wildman–Crippen LogP) is 14.6. The van der Waals surface area contributed by atoms with Gasteiger partial charge in [0.1, 0.15) is 5.58 Å². The zero-order valence-electron chi connectivity index (χ0n) is 43.0. The number of hydrogen-bond acceptors (Lipinski definition) is 4. The molecule has 1 aliphatic carbocycles. The second-order valence-electron chi connectivity index (χ2n) is 16.9. The van der Waals surface area contributed by atoms with E-state index in [0.29, 0.717) is 39.2 Å².